The predicted molar refractivity (Wildman–Crippen MR) is 69.5 cm³/mol. The van der Waals surface area contributed by atoms with Crippen molar-refractivity contribution >= 4 is 17.6 Å². The maximum absolute atomic E-state index is 10.8. The number of hydrogen-bond donors (Lipinski definition) is 1. The van der Waals surface area contributed by atoms with E-state index in [4.69, 9.17) is 30.7 Å². The Hall–Kier alpha value is -2.21. The maximum Gasteiger partial charge on any atom is 0.358 e. The molecule has 0 fully saturated rings. The normalized spacial score (nSPS) is 13.8. The molecule has 2 aromatic rings. The Labute approximate surface area is 118 Å². The number of benzene rings is 1. The summed E-state index contributed by atoms with van der Waals surface area (Å²) in [4.78, 5) is 10.8. The van der Waals surface area contributed by atoms with E-state index in [-0.39, 0.29) is 5.69 Å². The summed E-state index contributed by atoms with van der Waals surface area (Å²) in [5.74, 6) is 0.0241. The van der Waals surface area contributed by atoms with Gasteiger partial charge in [0.25, 0.3) is 0 Å². The number of rotatable bonds is 2. The van der Waals surface area contributed by atoms with Gasteiger partial charge in [-0.15, -0.1) is 0 Å². The lowest BCUT2D eigenvalue weighted by atomic mass is 10.1. The van der Waals surface area contributed by atoms with E-state index in [2.05, 4.69) is 5.16 Å². The molecular weight excluding hydrogens is 286 g/mol. The highest BCUT2D eigenvalue weighted by atomic mass is 35.5. The van der Waals surface area contributed by atoms with Crippen LogP contribution < -0.4 is 9.47 Å². The Bertz CT molecular complexity index is 667. The third-order valence-electron chi connectivity index (χ3n) is 2.84. The molecule has 0 atom stereocenters. The molecule has 6 nitrogen and oxygen atoms in total. The van der Waals surface area contributed by atoms with Gasteiger partial charge in [-0.25, -0.2) is 4.79 Å². The van der Waals surface area contributed by atoms with Gasteiger partial charge in [0.15, 0.2) is 23.0 Å². The van der Waals surface area contributed by atoms with Gasteiger partial charge in [-0.05, 0) is 12.1 Å². The molecule has 0 spiro atoms. The fraction of sp³-hybridized carbons (Fsp3) is 0.231. The lowest BCUT2D eigenvalue weighted by Gasteiger charge is -2.11. The molecule has 1 aromatic heterocycles. The van der Waals surface area contributed by atoms with Crippen LogP contribution in [0.4, 0.5) is 0 Å². The summed E-state index contributed by atoms with van der Waals surface area (Å²) in [6, 6.07) is 4.66. The number of fused-ring (bicyclic) bond motifs is 1. The molecule has 0 aliphatic carbocycles. The minimum absolute atomic E-state index is 0.168. The number of aromatic nitrogens is 1. The van der Waals surface area contributed by atoms with Crippen molar-refractivity contribution in [3.8, 4) is 22.8 Å². The van der Waals surface area contributed by atoms with Gasteiger partial charge >= 0.3 is 5.97 Å². The first-order valence-electron chi connectivity index (χ1n) is 5.95. The summed E-state index contributed by atoms with van der Waals surface area (Å²) in [6.07, 6.45) is 0.737. The van der Waals surface area contributed by atoms with Crippen molar-refractivity contribution in [2.75, 3.05) is 13.2 Å². The predicted octanol–water partition coefficient (Wildman–Crippen LogP) is 2.85. The molecule has 0 unspecified atom stereocenters. The Kier molecular flexibility index (Phi) is 3.23. The first kappa shape index (κ1) is 12.8. The summed E-state index contributed by atoms with van der Waals surface area (Å²) < 4.78 is 16.2. The van der Waals surface area contributed by atoms with E-state index < -0.39 is 5.97 Å². The zero-order valence-corrected chi connectivity index (χ0v) is 11.0. The van der Waals surface area contributed by atoms with Crippen molar-refractivity contribution in [1.29, 1.82) is 0 Å². The standard InChI is InChI=1S/C13H10ClNO5/c14-8-3-2-7(10-6-9(13(16)17)15-20-10)11-12(8)19-5-1-4-18-11/h2-3,6H,1,4-5H2,(H,16,17). The third-order valence-corrected chi connectivity index (χ3v) is 3.14. The molecule has 0 saturated carbocycles. The van der Waals surface area contributed by atoms with Gasteiger partial charge in [0.05, 0.1) is 23.8 Å². The van der Waals surface area contributed by atoms with Crippen molar-refractivity contribution in [3.63, 3.8) is 0 Å². The molecular formula is C13H10ClNO5. The second-order valence-corrected chi connectivity index (χ2v) is 4.59. The molecule has 20 heavy (non-hydrogen) atoms. The minimum atomic E-state index is -1.16. The first-order chi connectivity index (χ1) is 9.66. The van der Waals surface area contributed by atoms with Gasteiger partial charge in [0.1, 0.15) is 0 Å². The molecule has 0 radical (unpaired) electrons. The van der Waals surface area contributed by atoms with Gasteiger partial charge < -0.3 is 19.1 Å². The minimum Gasteiger partial charge on any atom is -0.489 e. The lowest BCUT2D eigenvalue weighted by Crippen LogP contribution is -1.98. The van der Waals surface area contributed by atoms with Crippen LogP contribution in [0.2, 0.25) is 5.02 Å². The van der Waals surface area contributed by atoms with Crippen LogP contribution in [0.5, 0.6) is 11.5 Å². The van der Waals surface area contributed by atoms with E-state index in [0.717, 1.165) is 6.42 Å². The molecule has 104 valence electrons. The fourth-order valence-electron chi connectivity index (χ4n) is 1.92. The summed E-state index contributed by atoms with van der Waals surface area (Å²) in [5, 5.41) is 12.8. The van der Waals surface area contributed by atoms with E-state index in [1.165, 1.54) is 6.07 Å². The van der Waals surface area contributed by atoms with Gasteiger partial charge in [0, 0.05) is 12.5 Å². The third kappa shape index (κ3) is 2.18. The number of nitrogens with zero attached hydrogens (tertiary/aromatic N) is 1. The van der Waals surface area contributed by atoms with Gasteiger partial charge in [0.2, 0.25) is 0 Å². The Balaban J connectivity index is 2.11. The SMILES string of the molecule is O=C(O)c1cc(-c2ccc(Cl)c3c2OCCCO3)on1. The van der Waals surface area contributed by atoms with Crippen LogP contribution in [0.25, 0.3) is 11.3 Å². The highest BCUT2D eigenvalue weighted by Crippen LogP contribution is 2.44. The number of carbonyl (C=O) groups is 1. The van der Waals surface area contributed by atoms with Gasteiger partial charge in [-0.1, -0.05) is 16.8 Å². The van der Waals surface area contributed by atoms with Gasteiger partial charge in [-0.2, -0.15) is 0 Å². The summed E-state index contributed by atoms with van der Waals surface area (Å²) in [6.45, 7) is 0.993. The van der Waals surface area contributed by atoms with E-state index in [0.29, 0.717) is 41.1 Å². The summed E-state index contributed by atoms with van der Waals surface area (Å²) in [7, 11) is 0. The number of aromatic carboxylic acids is 1. The highest BCUT2D eigenvalue weighted by molar-refractivity contribution is 6.32. The van der Waals surface area contributed by atoms with Crippen LogP contribution >= 0.6 is 11.6 Å². The van der Waals surface area contributed by atoms with Crippen LogP contribution in [0.15, 0.2) is 22.7 Å². The Morgan fingerprint density at radius 1 is 1.25 bits per heavy atom. The average molecular weight is 296 g/mol. The number of ether oxygens (including phenoxy) is 2. The zero-order valence-electron chi connectivity index (χ0n) is 10.3. The second kappa shape index (κ2) is 5.05. The Morgan fingerprint density at radius 2 is 2.00 bits per heavy atom. The average Bonchev–Trinajstić information content (AvgIpc) is 2.77. The molecule has 1 N–H and O–H groups in total. The van der Waals surface area contributed by atoms with E-state index >= 15 is 0 Å². The van der Waals surface area contributed by atoms with Crippen LogP contribution in [0.1, 0.15) is 16.9 Å². The topological polar surface area (TPSA) is 81.8 Å². The van der Waals surface area contributed by atoms with Crippen LogP contribution in [-0.4, -0.2) is 29.4 Å². The van der Waals surface area contributed by atoms with Crippen molar-refractivity contribution in [3.05, 3.63) is 28.9 Å². The van der Waals surface area contributed by atoms with Crippen molar-refractivity contribution in [2.45, 2.75) is 6.42 Å². The molecule has 0 amide bonds. The molecule has 2 heterocycles. The fourth-order valence-corrected chi connectivity index (χ4v) is 2.12. The molecule has 1 aromatic carbocycles. The molecule has 0 saturated heterocycles. The number of carboxylic acids is 1. The molecule has 7 heteroatoms. The Morgan fingerprint density at radius 3 is 2.70 bits per heavy atom. The summed E-state index contributed by atoms with van der Waals surface area (Å²) in [5.41, 5.74) is 0.393. The molecule has 1 aliphatic rings. The second-order valence-electron chi connectivity index (χ2n) is 4.19. The largest absolute Gasteiger partial charge is 0.489 e. The monoisotopic (exact) mass is 295 g/mol. The van der Waals surface area contributed by atoms with Crippen LogP contribution in [-0.2, 0) is 0 Å². The van der Waals surface area contributed by atoms with Crippen LogP contribution in [0, 0.1) is 0 Å². The summed E-state index contributed by atoms with van der Waals surface area (Å²) >= 11 is 6.08. The first-order valence-corrected chi connectivity index (χ1v) is 6.33. The van der Waals surface area contributed by atoms with Crippen molar-refractivity contribution < 1.29 is 23.9 Å². The maximum atomic E-state index is 10.8. The van der Waals surface area contributed by atoms with Crippen molar-refractivity contribution in [2.24, 2.45) is 0 Å². The smallest absolute Gasteiger partial charge is 0.358 e. The van der Waals surface area contributed by atoms with Gasteiger partial charge in [-0.3, -0.25) is 0 Å². The van der Waals surface area contributed by atoms with Crippen molar-refractivity contribution in [1.82, 2.24) is 5.16 Å². The van der Waals surface area contributed by atoms with E-state index in [1.807, 2.05) is 0 Å². The highest BCUT2D eigenvalue weighted by Gasteiger charge is 2.22. The number of halogens is 1. The lowest BCUT2D eigenvalue weighted by molar-refractivity contribution is 0.0686. The van der Waals surface area contributed by atoms with E-state index in [1.54, 1.807) is 12.1 Å². The van der Waals surface area contributed by atoms with E-state index in [9.17, 15) is 4.79 Å². The number of carboxylic acid groups (broad SMARTS) is 1. The van der Waals surface area contributed by atoms with Crippen LogP contribution in [0.3, 0.4) is 0 Å². The molecule has 3 rings (SSSR count). The zero-order chi connectivity index (χ0) is 14.1. The molecule has 1 aliphatic heterocycles. The quantitative estimate of drug-likeness (QED) is 0.917. The molecule has 0 bridgehead atoms. The number of hydrogen-bond acceptors (Lipinski definition) is 5.